The molecular formula is C28H27N3O3. The highest BCUT2D eigenvalue weighted by molar-refractivity contribution is 6.27. The molecule has 1 atom stereocenters. The number of imide groups is 1. The first-order valence-electron chi connectivity index (χ1n) is 12.1. The average Bonchev–Trinajstić information content (AvgIpc) is 3.14. The van der Waals surface area contributed by atoms with E-state index < -0.39 is 6.04 Å². The van der Waals surface area contributed by atoms with E-state index in [1.54, 1.807) is 4.90 Å². The monoisotopic (exact) mass is 453 g/mol. The molecule has 34 heavy (non-hydrogen) atoms. The van der Waals surface area contributed by atoms with Gasteiger partial charge in [-0.3, -0.25) is 29.5 Å². The van der Waals surface area contributed by atoms with Crippen LogP contribution in [0.4, 0.5) is 5.69 Å². The second-order valence-electron chi connectivity index (χ2n) is 9.58. The first-order valence-corrected chi connectivity index (χ1v) is 12.1. The van der Waals surface area contributed by atoms with E-state index in [0.717, 1.165) is 48.9 Å². The third-order valence-electron chi connectivity index (χ3n) is 7.56. The van der Waals surface area contributed by atoms with Crippen molar-refractivity contribution in [1.82, 2.24) is 10.2 Å². The molecule has 3 aromatic carbocycles. The lowest BCUT2D eigenvalue weighted by molar-refractivity contribution is -0.134. The fourth-order valence-corrected chi connectivity index (χ4v) is 5.87. The average molecular weight is 454 g/mol. The number of piperidine rings is 2. The van der Waals surface area contributed by atoms with Gasteiger partial charge in [0.2, 0.25) is 11.8 Å². The van der Waals surface area contributed by atoms with E-state index in [2.05, 4.69) is 52.7 Å². The van der Waals surface area contributed by atoms with E-state index in [4.69, 9.17) is 0 Å². The third-order valence-corrected chi connectivity index (χ3v) is 7.56. The quantitative estimate of drug-likeness (QED) is 0.607. The molecule has 6 heteroatoms. The van der Waals surface area contributed by atoms with Crippen molar-refractivity contribution >= 4 is 34.2 Å². The SMILES string of the molecule is O=C1CCC(N2C(=O)c3ccc(C4CCN(Cc5ccccc5)CC4)c4cccc2c34)C(=O)N1. The molecule has 3 heterocycles. The molecule has 1 N–H and O–H groups in total. The minimum absolute atomic E-state index is 0.148. The molecule has 3 aromatic rings. The highest BCUT2D eigenvalue weighted by Gasteiger charge is 2.41. The van der Waals surface area contributed by atoms with Crippen LogP contribution >= 0.6 is 0 Å². The van der Waals surface area contributed by atoms with Crippen LogP contribution < -0.4 is 10.2 Å². The lowest BCUT2D eigenvalue weighted by Gasteiger charge is -2.33. The molecule has 0 aliphatic carbocycles. The van der Waals surface area contributed by atoms with E-state index >= 15 is 0 Å². The van der Waals surface area contributed by atoms with Crippen LogP contribution in [0.25, 0.3) is 10.8 Å². The summed E-state index contributed by atoms with van der Waals surface area (Å²) in [5.41, 5.74) is 4.08. The zero-order chi connectivity index (χ0) is 23.2. The maximum absolute atomic E-state index is 13.4. The maximum atomic E-state index is 13.4. The van der Waals surface area contributed by atoms with Crippen LogP contribution in [0.3, 0.4) is 0 Å². The van der Waals surface area contributed by atoms with Gasteiger partial charge < -0.3 is 0 Å². The summed E-state index contributed by atoms with van der Waals surface area (Å²) in [6.07, 6.45) is 2.76. The molecule has 1 unspecified atom stereocenters. The largest absolute Gasteiger partial charge is 0.299 e. The number of hydrogen-bond donors (Lipinski definition) is 1. The van der Waals surface area contributed by atoms with Crippen molar-refractivity contribution in [3.8, 4) is 0 Å². The fourth-order valence-electron chi connectivity index (χ4n) is 5.87. The Balaban J connectivity index is 1.27. The zero-order valence-corrected chi connectivity index (χ0v) is 19.0. The molecule has 6 rings (SSSR count). The van der Waals surface area contributed by atoms with Crippen LogP contribution in [0.5, 0.6) is 0 Å². The Labute approximate surface area is 198 Å². The lowest BCUT2D eigenvalue weighted by Crippen LogP contribution is -2.53. The van der Waals surface area contributed by atoms with Crippen molar-refractivity contribution in [2.75, 3.05) is 18.0 Å². The Morgan fingerprint density at radius 1 is 0.853 bits per heavy atom. The van der Waals surface area contributed by atoms with Crippen LogP contribution in [0.1, 0.15) is 53.1 Å². The molecule has 0 radical (unpaired) electrons. The van der Waals surface area contributed by atoms with Crippen molar-refractivity contribution in [2.45, 2.75) is 44.2 Å². The first-order chi connectivity index (χ1) is 16.6. The van der Waals surface area contributed by atoms with Crippen molar-refractivity contribution < 1.29 is 14.4 Å². The third kappa shape index (κ3) is 3.49. The minimum Gasteiger partial charge on any atom is -0.299 e. The number of nitrogens with zero attached hydrogens (tertiary/aromatic N) is 2. The molecule has 0 saturated carbocycles. The summed E-state index contributed by atoms with van der Waals surface area (Å²) in [5.74, 6) is -0.370. The van der Waals surface area contributed by atoms with Gasteiger partial charge in [0.1, 0.15) is 6.04 Å². The molecule has 0 bridgehead atoms. The number of benzene rings is 3. The minimum atomic E-state index is -0.645. The highest BCUT2D eigenvalue weighted by atomic mass is 16.2. The second kappa shape index (κ2) is 8.37. The molecule has 2 saturated heterocycles. The molecule has 0 aromatic heterocycles. The molecule has 2 fully saturated rings. The van der Waals surface area contributed by atoms with E-state index in [1.807, 2.05) is 18.2 Å². The van der Waals surface area contributed by atoms with Gasteiger partial charge in [0.25, 0.3) is 5.91 Å². The number of carbonyl (C=O) groups excluding carboxylic acids is 3. The van der Waals surface area contributed by atoms with Gasteiger partial charge in [-0.2, -0.15) is 0 Å². The van der Waals surface area contributed by atoms with Crippen LogP contribution in [0.15, 0.2) is 60.7 Å². The Morgan fingerprint density at radius 2 is 1.65 bits per heavy atom. The van der Waals surface area contributed by atoms with Gasteiger partial charge in [-0.15, -0.1) is 0 Å². The molecule has 3 aliphatic rings. The van der Waals surface area contributed by atoms with Gasteiger partial charge in [0.15, 0.2) is 0 Å². The van der Waals surface area contributed by atoms with Gasteiger partial charge in [-0.1, -0.05) is 48.5 Å². The van der Waals surface area contributed by atoms with Gasteiger partial charge in [0.05, 0.1) is 5.69 Å². The number of hydrogen-bond acceptors (Lipinski definition) is 4. The van der Waals surface area contributed by atoms with E-state index in [9.17, 15) is 14.4 Å². The van der Waals surface area contributed by atoms with Crippen molar-refractivity contribution in [3.63, 3.8) is 0 Å². The summed E-state index contributed by atoms with van der Waals surface area (Å²) < 4.78 is 0. The van der Waals surface area contributed by atoms with Gasteiger partial charge in [-0.05, 0) is 66.9 Å². The number of anilines is 1. The van der Waals surface area contributed by atoms with Crippen LogP contribution in [0, 0.1) is 0 Å². The Morgan fingerprint density at radius 3 is 2.41 bits per heavy atom. The smallest absolute Gasteiger partial charge is 0.259 e. The lowest BCUT2D eigenvalue weighted by atomic mass is 9.85. The van der Waals surface area contributed by atoms with Gasteiger partial charge in [0, 0.05) is 23.9 Å². The molecule has 172 valence electrons. The summed E-state index contributed by atoms with van der Waals surface area (Å²) in [5, 5.41) is 4.45. The zero-order valence-electron chi connectivity index (χ0n) is 19.0. The maximum Gasteiger partial charge on any atom is 0.259 e. The van der Waals surface area contributed by atoms with Crippen LogP contribution in [0.2, 0.25) is 0 Å². The summed E-state index contributed by atoms with van der Waals surface area (Å²) in [7, 11) is 0. The Bertz CT molecular complexity index is 1290. The van der Waals surface area contributed by atoms with E-state index in [1.165, 1.54) is 11.1 Å². The Kier molecular flexibility index (Phi) is 5.18. The fraction of sp³-hybridized carbons (Fsp3) is 0.321. The first kappa shape index (κ1) is 21.1. The highest BCUT2D eigenvalue weighted by Crippen LogP contribution is 2.43. The topological polar surface area (TPSA) is 69.7 Å². The standard InChI is InChI=1S/C28H27N3O3/c32-25-12-11-24(27(33)29-25)31-23-8-4-7-21-20(9-10-22(26(21)23)28(31)34)19-13-15-30(16-14-19)17-18-5-2-1-3-6-18/h1-10,19,24H,11-17H2,(H,29,32,33). The summed E-state index contributed by atoms with van der Waals surface area (Å²) in [6.45, 7) is 3.07. The van der Waals surface area contributed by atoms with Crippen LogP contribution in [-0.4, -0.2) is 41.8 Å². The van der Waals surface area contributed by atoms with Crippen molar-refractivity contribution in [1.29, 1.82) is 0 Å². The van der Waals surface area contributed by atoms with E-state index in [0.29, 0.717) is 17.9 Å². The summed E-state index contributed by atoms with van der Waals surface area (Å²) in [4.78, 5) is 41.7. The normalized spacial score (nSPS) is 21.4. The number of amides is 3. The van der Waals surface area contributed by atoms with Crippen molar-refractivity contribution in [3.05, 3.63) is 77.4 Å². The van der Waals surface area contributed by atoms with Gasteiger partial charge in [-0.25, -0.2) is 0 Å². The second-order valence-corrected chi connectivity index (χ2v) is 9.58. The molecular weight excluding hydrogens is 426 g/mol. The predicted molar refractivity (Wildman–Crippen MR) is 131 cm³/mol. The van der Waals surface area contributed by atoms with Gasteiger partial charge >= 0.3 is 0 Å². The summed E-state index contributed by atoms with van der Waals surface area (Å²) >= 11 is 0. The van der Waals surface area contributed by atoms with Crippen LogP contribution in [-0.2, 0) is 16.1 Å². The number of nitrogens with one attached hydrogen (secondary N) is 1. The molecule has 6 nitrogen and oxygen atoms in total. The predicted octanol–water partition coefficient (Wildman–Crippen LogP) is 3.98. The Hall–Kier alpha value is -3.51. The van der Waals surface area contributed by atoms with Crippen molar-refractivity contribution in [2.24, 2.45) is 0 Å². The molecule has 3 aliphatic heterocycles. The number of rotatable bonds is 4. The number of likely N-dealkylation sites (tertiary alicyclic amines) is 1. The van der Waals surface area contributed by atoms with E-state index in [-0.39, 0.29) is 24.1 Å². The summed E-state index contributed by atoms with van der Waals surface area (Å²) in [6, 6.07) is 20.0. The number of carbonyl (C=O) groups is 3. The molecule has 0 spiro atoms. The molecule has 3 amide bonds.